The summed E-state index contributed by atoms with van der Waals surface area (Å²) in [5, 5.41) is 8.34. The summed E-state index contributed by atoms with van der Waals surface area (Å²) in [7, 11) is 1.05. The van der Waals surface area contributed by atoms with Crippen LogP contribution in [-0.4, -0.2) is 13.1 Å². The lowest BCUT2D eigenvalue weighted by molar-refractivity contribution is -0.135. The summed E-state index contributed by atoms with van der Waals surface area (Å²) in [6.45, 7) is 0. The van der Waals surface area contributed by atoms with Crippen LogP contribution in [-0.2, 0) is 9.53 Å². The van der Waals surface area contributed by atoms with Crippen LogP contribution >= 0.6 is 11.6 Å². The Morgan fingerprint density at radius 3 is 2.71 bits per heavy atom. The van der Waals surface area contributed by atoms with Crippen molar-refractivity contribution in [2.24, 2.45) is 0 Å². The number of carbonyl (C=O) groups is 1. The molecule has 0 fully saturated rings. The predicted molar refractivity (Wildman–Crippen MR) is 57.0 cm³/mol. The number of esters is 1. The summed E-state index contributed by atoms with van der Waals surface area (Å²) in [6, 6.07) is 3.45. The number of rotatable bonds is 2. The van der Waals surface area contributed by atoms with Gasteiger partial charge in [-0.1, -0.05) is 11.6 Å². The zero-order chi connectivity index (χ0) is 13.0. The molecule has 0 unspecified atom stereocenters. The number of hydrogen-bond donors (Lipinski definition) is 0. The fourth-order valence-electron chi connectivity index (χ4n) is 1.07. The van der Waals surface area contributed by atoms with Crippen molar-refractivity contribution in [1.29, 1.82) is 5.26 Å². The Morgan fingerprint density at radius 2 is 2.18 bits per heavy atom. The number of nitrogens with zero attached hydrogens (tertiary/aromatic N) is 1. The van der Waals surface area contributed by atoms with E-state index in [2.05, 4.69) is 4.74 Å². The zero-order valence-corrected chi connectivity index (χ0v) is 9.39. The van der Waals surface area contributed by atoms with Gasteiger partial charge < -0.3 is 4.74 Å². The Hall–Kier alpha value is -1.93. The van der Waals surface area contributed by atoms with Gasteiger partial charge in [0.25, 0.3) is 0 Å². The van der Waals surface area contributed by atoms with Crippen LogP contribution in [0.15, 0.2) is 17.7 Å². The van der Waals surface area contributed by atoms with Crippen molar-refractivity contribution < 1.29 is 18.3 Å². The molecule has 3 nitrogen and oxygen atoms in total. The van der Waals surface area contributed by atoms with E-state index in [9.17, 15) is 13.6 Å². The molecule has 0 atom stereocenters. The van der Waals surface area contributed by atoms with Gasteiger partial charge in [0, 0.05) is 5.56 Å². The van der Waals surface area contributed by atoms with E-state index < -0.39 is 28.7 Å². The van der Waals surface area contributed by atoms with Gasteiger partial charge in [-0.3, -0.25) is 0 Å². The molecule has 0 saturated heterocycles. The molecule has 17 heavy (non-hydrogen) atoms. The van der Waals surface area contributed by atoms with Crippen LogP contribution in [0.5, 0.6) is 0 Å². The van der Waals surface area contributed by atoms with Crippen LogP contribution in [0.25, 0.3) is 6.08 Å². The van der Waals surface area contributed by atoms with Gasteiger partial charge in [0.05, 0.1) is 12.1 Å². The highest BCUT2D eigenvalue weighted by Crippen LogP contribution is 2.23. The van der Waals surface area contributed by atoms with Crippen LogP contribution in [0.1, 0.15) is 5.56 Å². The minimum absolute atomic E-state index is 0.306. The first-order chi connectivity index (χ1) is 8.01. The van der Waals surface area contributed by atoms with Gasteiger partial charge >= 0.3 is 5.97 Å². The molecule has 0 spiro atoms. The SMILES string of the molecule is COC(=O)/C(C#N)=C/c1c(F)ccc(Cl)c1F. The quantitative estimate of drug-likeness (QED) is 0.354. The molecule has 6 heteroatoms. The van der Waals surface area contributed by atoms with Crippen molar-refractivity contribution in [2.45, 2.75) is 0 Å². The van der Waals surface area contributed by atoms with Crippen molar-refractivity contribution in [3.8, 4) is 6.07 Å². The lowest BCUT2D eigenvalue weighted by Gasteiger charge is -2.02. The third-order valence-electron chi connectivity index (χ3n) is 1.89. The van der Waals surface area contributed by atoms with Gasteiger partial charge in [-0.15, -0.1) is 0 Å². The van der Waals surface area contributed by atoms with Crippen molar-refractivity contribution in [3.63, 3.8) is 0 Å². The van der Waals surface area contributed by atoms with Crippen LogP contribution in [0.4, 0.5) is 8.78 Å². The standard InChI is InChI=1S/C11H6ClF2NO2/c1-17-11(16)6(5-15)4-7-9(13)3-2-8(12)10(7)14/h2-4H,1H3/b6-4+. The number of nitriles is 1. The minimum Gasteiger partial charge on any atom is -0.465 e. The molecule has 0 aliphatic heterocycles. The van der Waals surface area contributed by atoms with Crippen molar-refractivity contribution >= 4 is 23.6 Å². The molecule has 0 heterocycles. The Labute approximate surface area is 101 Å². The second-order valence-corrected chi connectivity index (χ2v) is 3.33. The normalized spacial score (nSPS) is 10.9. The second-order valence-electron chi connectivity index (χ2n) is 2.92. The zero-order valence-electron chi connectivity index (χ0n) is 8.63. The van der Waals surface area contributed by atoms with Crippen LogP contribution in [0.2, 0.25) is 5.02 Å². The van der Waals surface area contributed by atoms with E-state index in [1.54, 1.807) is 0 Å². The first-order valence-corrected chi connectivity index (χ1v) is 4.72. The van der Waals surface area contributed by atoms with Crippen LogP contribution in [0, 0.1) is 23.0 Å². The molecule has 0 saturated carbocycles. The molecular weight excluding hydrogens is 252 g/mol. The Morgan fingerprint density at radius 1 is 1.53 bits per heavy atom. The van der Waals surface area contributed by atoms with Crippen molar-refractivity contribution in [3.05, 3.63) is 39.9 Å². The molecule has 1 aromatic carbocycles. The first kappa shape index (κ1) is 13.1. The van der Waals surface area contributed by atoms with E-state index >= 15 is 0 Å². The molecule has 0 aliphatic rings. The van der Waals surface area contributed by atoms with Gasteiger partial charge in [-0.05, 0) is 18.2 Å². The third-order valence-corrected chi connectivity index (χ3v) is 2.19. The highest BCUT2D eigenvalue weighted by molar-refractivity contribution is 6.30. The molecular formula is C11H6ClF2NO2. The molecule has 0 aliphatic carbocycles. The summed E-state index contributed by atoms with van der Waals surface area (Å²) in [5.74, 6) is -2.95. The third kappa shape index (κ3) is 2.80. The molecule has 0 bridgehead atoms. The van der Waals surface area contributed by atoms with Gasteiger partial charge in [-0.25, -0.2) is 13.6 Å². The highest BCUT2D eigenvalue weighted by atomic mass is 35.5. The van der Waals surface area contributed by atoms with E-state index in [4.69, 9.17) is 16.9 Å². The molecule has 0 amide bonds. The number of benzene rings is 1. The largest absolute Gasteiger partial charge is 0.465 e. The number of methoxy groups -OCH3 is 1. The molecule has 0 radical (unpaired) electrons. The lowest BCUT2D eigenvalue weighted by atomic mass is 10.1. The summed E-state index contributed by atoms with van der Waals surface area (Å²) >= 11 is 5.46. The second kappa shape index (κ2) is 5.41. The van der Waals surface area contributed by atoms with E-state index in [1.807, 2.05) is 0 Å². The molecule has 0 aromatic heterocycles. The average molecular weight is 258 g/mol. The maximum Gasteiger partial charge on any atom is 0.348 e. The average Bonchev–Trinajstić information content (AvgIpc) is 2.33. The molecule has 88 valence electrons. The van der Waals surface area contributed by atoms with E-state index in [-0.39, 0.29) is 5.02 Å². The summed E-state index contributed by atoms with van der Waals surface area (Å²) in [4.78, 5) is 11.1. The van der Waals surface area contributed by atoms with Gasteiger partial charge in [0.1, 0.15) is 17.5 Å². The summed E-state index contributed by atoms with van der Waals surface area (Å²) in [6.07, 6.45) is 0.752. The van der Waals surface area contributed by atoms with Gasteiger partial charge in [-0.2, -0.15) is 5.26 Å². The minimum atomic E-state index is -1.04. The monoisotopic (exact) mass is 257 g/mol. The molecule has 0 N–H and O–H groups in total. The maximum absolute atomic E-state index is 13.4. The lowest BCUT2D eigenvalue weighted by Crippen LogP contribution is -2.03. The topological polar surface area (TPSA) is 50.1 Å². The Bertz CT molecular complexity index is 535. The molecule has 1 aromatic rings. The number of hydrogen-bond acceptors (Lipinski definition) is 3. The maximum atomic E-state index is 13.4. The van der Waals surface area contributed by atoms with Crippen molar-refractivity contribution in [2.75, 3.05) is 7.11 Å². The predicted octanol–water partition coefficient (Wildman–Crippen LogP) is 2.70. The number of halogens is 3. The summed E-state index contributed by atoms with van der Waals surface area (Å²) in [5.41, 5.74) is -1.08. The van der Waals surface area contributed by atoms with E-state index in [1.165, 1.54) is 6.07 Å². The summed E-state index contributed by atoms with van der Waals surface area (Å²) < 4.78 is 31.0. The van der Waals surface area contributed by atoms with Crippen molar-refractivity contribution in [1.82, 2.24) is 0 Å². The highest BCUT2D eigenvalue weighted by Gasteiger charge is 2.15. The van der Waals surface area contributed by atoms with Gasteiger partial charge in [0.2, 0.25) is 0 Å². The fraction of sp³-hybridized carbons (Fsp3) is 0.0909. The number of carbonyl (C=O) groups excluding carboxylic acids is 1. The van der Waals surface area contributed by atoms with E-state index in [0.29, 0.717) is 0 Å². The van der Waals surface area contributed by atoms with E-state index in [0.717, 1.165) is 25.3 Å². The molecule has 1 rings (SSSR count). The Kier molecular flexibility index (Phi) is 4.18. The Balaban J connectivity index is 3.36. The van der Waals surface area contributed by atoms with Gasteiger partial charge in [0.15, 0.2) is 5.82 Å². The smallest absolute Gasteiger partial charge is 0.348 e. The fourth-order valence-corrected chi connectivity index (χ4v) is 1.23. The number of ether oxygens (including phenoxy) is 1. The van der Waals surface area contributed by atoms with Crippen LogP contribution < -0.4 is 0 Å². The van der Waals surface area contributed by atoms with Crippen LogP contribution in [0.3, 0.4) is 0 Å². The first-order valence-electron chi connectivity index (χ1n) is 4.35.